The van der Waals surface area contributed by atoms with Gasteiger partial charge in [-0.15, -0.1) is 0 Å². The van der Waals surface area contributed by atoms with Crippen LogP contribution in [0, 0.1) is 0 Å². The summed E-state index contributed by atoms with van der Waals surface area (Å²) < 4.78 is 180. The first-order valence-corrected chi connectivity index (χ1v) is 21.3. The molecule has 0 spiro atoms. The van der Waals surface area contributed by atoms with Crippen LogP contribution in [0.2, 0.25) is 0 Å². The fraction of sp³-hybridized carbons (Fsp3) is 0.214. The van der Waals surface area contributed by atoms with E-state index in [0.717, 1.165) is 16.2 Å². The number of rotatable bonds is 18. The number of hydrogen-bond donors (Lipinski definition) is 0. The Morgan fingerprint density at radius 3 is 1.21 bits per heavy atom. The second-order valence-electron chi connectivity index (χ2n) is 13.5. The molecular formula is C42H27F12O15S3-3. The first-order chi connectivity index (χ1) is 33.9. The van der Waals surface area contributed by atoms with Gasteiger partial charge in [-0.1, -0.05) is 121 Å². The zero-order valence-corrected chi connectivity index (χ0v) is 37.6. The summed E-state index contributed by atoms with van der Waals surface area (Å²) in [4.78, 5) is 34.7. The van der Waals surface area contributed by atoms with E-state index in [1.807, 2.05) is 18.2 Å². The van der Waals surface area contributed by atoms with Gasteiger partial charge in [-0.05, 0) is 44.1 Å². The average molecular weight is 1100 g/mol. The molecule has 72 heavy (non-hydrogen) atoms. The van der Waals surface area contributed by atoms with Crippen molar-refractivity contribution in [3.8, 4) is 5.75 Å². The van der Waals surface area contributed by atoms with Crippen LogP contribution in [0.1, 0.15) is 11.1 Å². The van der Waals surface area contributed by atoms with E-state index in [0.29, 0.717) is 27.3 Å². The summed E-state index contributed by atoms with van der Waals surface area (Å²) in [5.41, 5.74) is 1.10. The molecule has 3 atom stereocenters. The fourth-order valence-electron chi connectivity index (χ4n) is 5.73. The van der Waals surface area contributed by atoms with E-state index in [4.69, 9.17) is 0 Å². The highest BCUT2D eigenvalue weighted by atomic mass is 32.2. The third-order valence-corrected chi connectivity index (χ3v) is 11.3. The highest BCUT2D eigenvalue weighted by Gasteiger charge is 2.67. The van der Waals surface area contributed by atoms with Crippen molar-refractivity contribution in [2.75, 3.05) is 6.61 Å². The predicted molar refractivity (Wildman–Crippen MR) is 221 cm³/mol. The van der Waals surface area contributed by atoms with Crippen molar-refractivity contribution in [2.45, 2.75) is 46.6 Å². The number of hydrogen-bond acceptors (Lipinski definition) is 18. The normalized spacial score (nSPS) is 14.4. The lowest BCUT2D eigenvalue weighted by Crippen LogP contribution is -2.48. The van der Waals surface area contributed by atoms with Crippen LogP contribution < -0.4 is 20.5 Å². The molecule has 6 aromatic carbocycles. The molecule has 0 saturated heterocycles. The van der Waals surface area contributed by atoms with Crippen LogP contribution in [-0.4, -0.2) is 58.0 Å². The predicted octanol–water partition coefficient (Wildman–Crippen LogP) is 8.85. The number of carbonyl (C=O) groups is 3. The van der Waals surface area contributed by atoms with E-state index < -0.39 is 101 Å². The Balaban J connectivity index is 0.000000235. The molecule has 0 amide bonds. The van der Waals surface area contributed by atoms with Gasteiger partial charge in [-0.2, -0.15) is 52.5 Å². The number of carbonyl (C=O) groups excluding carboxylic acids is 3. The van der Waals surface area contributed by atoms with Crippen molar-refractivity contribution in [1.29, 1.82) is 0 Å². The maximum absolute atomic E-state index is 14.0. The lowest BCUT2D eigenvalue weighted by molar-refractivity contribution is -0.777. The van der Waals surface area contributed by atoms with Gasteiger partial charge in [0.1, 0.15) is 12.4 Å². The van der Waals surface area contributed by atoms with Crippen LogP contribution in [-0.2, 0) is 65.0 Å². The number of halogens is 12. The third kappa shape index (κ3) is 14.7. The molecule has 0 saturated carbocycles. The van der Waals surface area contributed by atoms with Crippen molar-refractivity contribution in [3.05, 3.63) is 139 Å². The molecule has 0 aliphatic rings. The van der Waals surface area contributed by atoms with Gasteiger partial charge >= 0.3 is 51.4 Å². The Labute approximate surface area is 407 Å². The Morgan fingerprint density at radius 1 is 0.417 bits per heavy atom. The van der Waals surface area contributed by atoms with Gasteiger partial charge in [-0.25, -0.2) is 27.6 Å². The molecule has 15 nitrogen and oxygen atoms in total. The van der Waals surface area contributed by atoms with Gasteiger partial charge in [0, 0.05) is 11.8 Å². The second kappa shape index (κ2) is 25.8. The van der Waals surface area contributed by atoms with Gasteiger partial charge in [0.05, 0.1) is 42.7 Å². The molecule has 0 bridgehead atoms. The molecule has 6 rings (SSSR count). The molecule has 0 heterocycles. The molecule has 6 aromatic rings. The van der Waals surface area contributed by atoms with E-state index in [1.54, 1.807) is 84.9 Å². The van der Waals surface area contributed by atoms with Crippen LogP contribution in [0.4, 0.5) is 52.7 Å². The first-order valence-electron chi connectivity index (χ1n) is 19.1. The molecule has 0 N–H and O–H groups in total. The molecule has 3 unspecified atom stereocenters. The maximum Gasteiger partial charge on any atom is 0.446 e. The molecule has 390 valence electrons. The molecule has 0 aliphatic carbocycles. The number of fused-ring (bicyclic) bond motifs is 3. The molecule has 0 aromatic heterocycles. The minimum absolute atomic E-state index is 0.0740. The summed E-state index contributed by atoms with van der Waals surface area (Å²) in [5.74, 6) is -7.07. The summed E-state index contributed by atoms with van der Waals surface area (Å²) in [6, 6.07) is 34.9. The molecule has 0 fully saturated rings. The highest BCUT2D eigenvalue weighted by Crippen LogP contribution is 2.47. The summed E-state index contributed by atoms with van der Waals surface area (Å²) in [5, 5.41) is 27.1. The van der Waals surface area contributed by atoms with Crippen molar-refractivity contribution in [1.82, 2.24) is 0 Å². The van der Waals surface area contributed by atoms with Gasteiger partial charge in [0.15, 0.2) is 0 Å². The molecule has 0 radical (unpaired) electrons. The second-order valence-corrected chi connectivity index (χ2v) is 16.1. The third-order valence-electron chi connectivity index (χ3n) is 9.09. The Kier molecular flexibility index (Phi) is 21.1. The van der Waals surface area contributed by atoms with Gasteiger partial charge < -0.3 is 30.0 Å². The van der Waals surface area contributed by atoms with Crippen LogP contribution in [0.15, 0.2) is 127 Å². The maximum atomic E-state index is 14.0. The SMILES string of the molecule is O=C(OCCc1cccc2ccccc12)C(F)(SOO[O-])C(F)(F)F.O=C(OCc1cccc2ccccc12)C(F)(SOO[O-])C(F)(F)F.O=C(Oc1cccc2ccccc12)C(F)(SOO[O-])C(F)(F)F. The van der Waals surface area contributed by atoms with Crippen LogP contribution >= 0.6 is 36.1 Å². The lowest BCUT2D eigenvalue weighted by Gasteiger charge is -2.24. The standard InChI is InChI=1S/C15H12F4O5S.C14H10F4O5S.C13H8F4O5S/c16-14(15(17,18)19,25-24-23-21)13(20)22-9-8-11-6-3-5-10-4-1-2-7-12(10)11;15-13(14(16,17)18,24-23-22-20)12(19)21-8-10-6-3-5-9-4-1-2-7-11(9)10;14-12(13(15,16)17,23-22-21-19)11(18)20-10-7-3-5-8-4-1-2-6-9(8)10/h1-7,21H,8-9H2;1-7,20H,8H2;1-7,19H/p-3. The largest absolute Gasteiger partial charge is 0.691 e. The Hall–Kier alpha value is -5.64. The van der Waals surface area contributed by atoms with E-state index in [-0.39, 0.29) is 12.2 Å². The molecule has 0 aliphatic heterocycles. The van der Waals surface area contributed by atoms with Gasteiger partial charge in [0.25, 0.3) is 0 Å². The fourth-order valence-corrected chi connectivity index (χ4v) is 6.75. The van der Waals surface area contributed by atoms with E-state index in [2.05, 4.69) is 42.3 Å². The monoisotopic (exact) mass is 1100 g/mol. The van der Waals surface area contributed by atoms with Crippen molar-refractivity contribution in [2.24, 2.45) is 0 Å². The average Bonchev–Trinajstić information content (AvgIpc) is 3.35. The summed E-state index contributed by atoms with van der Waals surface area (Å²) in [6.07, 6.45) is -17.0. The van der Waals surface area contributed by atoms with Crippen LogP contribution in [0.3, 0.4) is 0 Å². The summed E-state index contributed by atoms with van der Waals surface area (Å²) in [7, 11) is 0. The van der Waals surface area contributed by atoms with E-state index in [1.165, 1.54) is 24.3 Å². The number of esters is 3. The molecular weight excluding hydrogens is 1070 g/mol. The summed E-state index contributed by atoms with van der Waals surface area (Å²) in [6.45, 7) is -1.09. The minimum atomic E-state index is -5.70. The molecule has 30 heteroatoms. The minimum Gasteiger partial charge on any atom is -0.691 e. The van der Waals surface area contributed by atoms with Crippen molar-refractivity contribution in [3.63, 3.8) is 0 Å². The van der Waals surface area contributed by atoms with E-state index in [9.17, 15) is 82.8 Å². The lowest BCUT2D eigenvalue weighted by atomic mass is 10.0. The van der Waals surface area contributed by atoms with Crippen LogP contribution in [0.25, 0.3) is 32.3 Å². The first kappa shape index (κ1) is 58.9. The summed E-state index contributed by atoms with van der Waals surface area (Å²) >= 11 is -3.37. The topological polar surface area (TPSA) is 203 Å². The van der Waals surface area contributed by atoms with Gasteiger partial charge in [0.2, 0.25) is 0 Å². The van der Waals surface area contributed by atoms with Gasteiger partial charge in [-0.3, -0.25) is 15.1 Å². The van der Waals surface area contributed by atoms with Crippen LogP contribution in [0.5, 0.6) is 5.75 Å². The quantitative estimate of drug-likeness (QED) is 0.0197. The number of benzene rings is 6. The number of ether oxygens (including phenoxy) is 3. The Morgan fingerprint density at radius 2 is 0.764 bits per heavy atom. The smallest absolute Gasteiger partial charge is 0.446 e. The Bertz CT molecular complexity index is 2740. The van der Waals surface area contributed by atoms with E-state index >= 15 is 0 Å². The highest BCUT2D eigenvalue weighted by molar-refractivity contribution is 7.97. The zero-order valence-electron chi connectivity index (χ0n) is 35.1. The van der Waals surface area contributed by atoms with Crippen molar-refractivity contribution >= 4 is 86.4 Å². The van der Waals surface area contributed by atoms with Crippen molar-refractivity contribution < 1.29 is 125 Å². The zero-order chi connectivity index (χ0) is 53.4. The number of alkyl halides is 12.